The number of halogens is 2. The van der Waals surface area contributed by atoms with Gasteiger partial charge in [0.25, 0.3) is 0 Å². The summed E-state index contributed by atoms with van der Waals surface area (Å²) in [6.07, 6.45) is 1.33. The van der Waals surface area contributed by atoms with Crippen molar-refractivity contribution < 1.29 is 22.1 Å². The molecule has 0 unspecified atom stereocenters. The molecule has 0 aliphatic rings. The summed E-state index contributed by atoms with van der Waals surface area (Å²) in [5.74, 6) is 0.269. The van der Waals surface area contributed by atoms with Gasteiger partial charge in [-0.2, -0.15) is 8.87 Å². The normalized spacial score (nSPS) is 11.8. The summed E-state index contributed by atoms with van der Waals surface area (Å²) in [4.78, 5) is 4.70. The van der Waals surface area contributed by atoms with Crippen LogP contribution in [0.15, 0.2) is 77.7 Å². The van der Waals surface area contributed by atoms with E-state index in [0.717, 1.165) is 39.2 Å². The van der Waals surface area contributed by atoms with Gasteiger partial charge in [0.05, 0.1) is 28.6 Å². The number of rotatable bonds is 13. The number of nitrogens with zero attached hydrogens (tertiary/aromatic N) is 3. The maximum Gasteiger partial charge on any atom is 0.243 e. The second kappa shape index (κ2) is 14.0. The average molecular weight is 651 g/mol. The first-order chi connectivity index (χ1) is 21.6. The Labute approximate surface area is 268 Å². The van der Waals surface area contributed by atoms with Crippen LogP contribution in [0.2, 0.25) is 5.02 Å². The fourth-order valence-electron chi connectivity index (χ4n) is 5.41. The molecule has 0 radical (unpaired) electrons. The zero-order valence-corrected chi connectivity index (χ0v) is 27.5. The Morgan fingerprint density at radius 2 is 1.62 bits per heavy atom. The molecule has 5 aromatic rings. The predicted octanol–water partition coefficient (Wildman–Crippen LogP) is 6.63. The fourth-order valence-corrected chi connectivity index (χ4v) is 7.06. The van der Waals surface area contributed by atoms with E-state index in [9.17, 15) is 12.8 Å². The first-order valence-electron chi connectivity index (χ1n) is 14.8. The van der Waals surface area contributed by atoms with Crippen molar-refractivity contribution in [1.29, 1.82) is 0 Å². The highest BCUT2D eigenvalue weighted by molar-refractivity contribution is 7.89. The molecule has 0 saturated carbocycles. The summed E-state index contributed by atoms with van der Waals surface area (Å²) in [6.45, 7) is 5.51. The fraction of sp³-hybridized carbons (Fsp3) is 0.294. The number of aromatic nitrogens is 2. The number of hydrogen-bond acceptors (Lipinski definition) is 6. The number of hydrogen-bond donors (Lipinski definition) is 2. The summed E-state index contributed by atoms with van der Waals surface area (Å²) in [5, 5.41) is 9.16. The molecule has 45 heavy (non-hydrogen) atoms. The zero-order valence-electron chi connectivity index (χ0n) is 25.9. The van der Waals surface area contributed by atoms with Gasteiger partial charge in [0.1, 0.15) is 18.6 Å². The van der Waals surface area contributed by atoms with E-state index in [0.29, 0.717) is 48.6 Å². The third-order valence-electron chi connectivity index (χ3n) is 7.91. The van der Waals surface area contributed by atoms with Crippen LogP contribution >= 0.6 is 11.6 Å². The first-order valence-corrected chi connectivity index (χ1v) is 16.7. The highest BCUT2D eigenvalue weighted by Crippen LogP contribution is 2.27. The summed E-state index contributed by atoms with van der Waals surface area (Å²) in [6, 6.07) is 20.7. The van der Waals surface area contributed by atoms with E-state index in [1.54, 1.807) is 37.4 Å². The van der Waals surface area contributed by atoms with Gasteiger partial charge >= 0.3 is 0 Å². The van der Waals surface area contributed by atoms with Crippen LogP contribution in [0.5, 0.6) is 5.75 Å². The van der Waals surface area contributed by atoms with E-state index in [-0.39, 0.29) is 17.3 Å². The van der Waals surface area contributed by atoms with Crippen LogP contribution < -0.4 is 19.9 Å². The summed E-state index contributed by atoms with van der Waals surface area (Å²) in [5.41, 5.74) is 5.34. The molecule has 0 amide bonds. The lowest BCUT2D eigenvalue weighted by molar-refractivity contribution is -0.651. The van der Waals surface area contributed by atoms with Gasteiger partial charge in [-0.1, -0.05) is 11.6 Å². The Bertz CT molecular complexity index is 1940. The van der Waals surface area contributed by atoms with Crippen LogP contribution in [-0.4, -0.2) is 51.0 Å². The molecule has 236 valence electrons. The number of nitrogens with one attached hydrogen (secondary N) is 2. The van der Waals surface area contributed by atoms with Gasteiger partial charge in [-0.15, -0.1) is 0 Å². The SMILES string of the molecule is COc1ccc(S(=O)(=O)N(CCCCNc2cc(C)nc3ccc(F)cc23)CCNc2cc(C)[n+](C)c3ccc(Cl)cc23)cc1. The maximum absolute atomic E-state index is 13.9. The van der Waals surface area contributed by atoms with Gasteiger partial charge in [-0.3, -0.25) is 4.98 Å². The van der Waals surface area contributed by atoms with Crippen molar-refractivity contribution in [3.8, 4) is 5.75 Å². The molecule has 2 aromatic heterocycles. The smallest absolute Gasteiger partial charge is 0.243 e. The molecule has 2 N–H and O–H groups in total. The first kappa shape index (κ1) is 32.4. The quantitative estimate of drug-likeness (QED) is 0.110. The van der Waals surface area contributed by atoms with Crippen molar-refractivity contribution in [2.24, 2.45) is 7.05 Å². The molecule has 0 atom stereocenters. The minimum atomic E-state index is -3.78. The highest BCUT2D eigenvalue weighted by atomic mass is 35.5. The molecule has 5 rings (SSSR count). The number of sulfonamides is 1. The van der Waals surface area contributed by atoms with Gasteiger partial charge in [0.2, 0.25) is 15.5 Å². The van der Waals surface area contributed by atoms with Gasteiger partial charge in [0.15, 0.2) is 5.69 Å². The predicted molar refractivity (Wildman–Crippen MR) is 179 cm³/mol. The second-order valence-electron chi connectivity index (χ2n) is 11.0. The lowest BCUT2D eigenvalue weighted by Crippen LogP contribution is -2.36. The van der Waals surface area contributed by atoms with E-state index >= 15 is 0 Å². The van der Waals surface area contributed by atoms with E-state index in [2.05, 4.69) is 20.2 Å². The van der Waals surface area contributed by atoms with Crippen LogP contribution in [-0.2, 0) is 17.1 Å². The number of methoxy groups -OCH3 is 1. The number of aryl methyl sites for hydroxylation is 3. The van der Waals surface area contributed by atoms with Gasteiger partial charge in [-0.25, -0.2) is 12.8 Å². The highest BCUT2D eigenvalue weighted by Gasteiger charge is 2.24. The number of unbranched alkanes of at least 4 members (excludes halogenated alkanes) is 1. The molecule has 3 aromatic carbocycles. The number of benzene rings is 3. The molecule has 0 spiro atoms. The van der Waals surface area contributed by atoms with Crippen molar-refractivity contribution in [2.45, 2.75) is 31.6 Å². The molecule has 2 heterocycles. The molecule has 11 heteroatoms. The third-order valence-corrected chi connectivity index (χ3v) is 10.1. The van der Waals surface area contributed by atoms with Crippen LogP contribution in [0.25, 0.3) is 21.8 Å². The Hall–Kier alpha value is -3.99. The topological polar surface area (TPSA) is 87.4 Å². The van der Waals surface area contributed by atoms with E-state index in [1.165, 1.54) is 16.4 Å². The van der Waals surface area contributed by atoms with Crippen molar-refractivity contribution >= 4 is 54.8 Å². The number of ether oxygens (including phenoxy) is 1. The lowest BCUT2D eigenvalue weighted by Gasteiger charge is -2.23. The molecule has 0 saturated heterocycles. The van der Waals surface area contributed by atoms with E-state index in [1.807, 2.05) is 51.2 Å². The van der Waals surface area contributed by atoms with Gasteiger partial charge in [-0.05, 0) is 80.4 Å². The van der Waals surface area contributed by atoms with Crippen LogP contribution in [0.3, 0.4) is 0 Å². The van der Waals surface area contributed by atoms with Crippen molar-refractivity contribution in [1.82, 2.24) is 9.29 Å². The van der Waals surface area contributed by atoms with Crippen molar-refractivity contribution in [2.75, 3.05) is 43.9 Å². The van der Waals surface area contributed by atoms with Crippen LogP contribution in [0, 0.1) is 19.7 Å². The largest absolute Gasteiger partial charge is 0.497 e. The van der Waals surface area contributed by atoms with Gasteiger partial charge in [0, 0.05) is 67.0 Å². The Balaban J connectivity index is 1.29. The molecular weight excluding hydrogens is 613 g/mol. The number of anilines is 2. The number of fused-ring (bicyclic) bond motifs is 2. The summed E-state index contributed by atoms with van der Waals surface area (Å²) in [7, 11) is -0.231. The molecule has 0 aliphatic heterocycles. The average Bonchev–Trinajstić information content (AvgIpc) is 3.02. The molecule has 0 aliphatic carbocycles. The van der Waals surface area contributed by atoms with Crippen molar-refractivity contribution in [3.05, 3.63) is 95.0 Å². The molecular formula is C34H38ClFN5O3S+. The van der Waals surface area contributed by atoms with Gasteiger partial charge < -0.3 is 15.4 Å². The third kappa shape index (κ3) is 7.46. The molecule has 8 nitrogen and oxygen atoms in total. The monoisotopic (exact) mass is 650 g/mol. The van der Waals surface area contributed by atoms with Crippen molar-refractivity contribution in [3.63, 3.8) is 0 Å². The standard InChI is InChI=1S/C34H37ClFN5O3S/c1-23-19-32(29-22-26(36)8-13-31(29)39-23)37-15-5-6-17-41(45(42,43)28-11-9-27(44-4)10-12-28)18-16-38-33-20-24(2)40(3)34-14-7-25(35)21-30(33)34/h7-14,19-22H,5-6,15-18H2,1-4H3,(H,37,39)/p+1. The Morgan fingerprint density at radius 1 is 0.889 bits per heavy atom. The van der Waals surface area contributed by atoms with Crippen LogP contribution in [0.4, 0.5) is 15.8 Å². The zero-order chi connectivity index (χ0) is 32.1. The van der Waals surface area contributed by atoms with Crippen LogP contribution in [0.1, 0.15) is 24.2 Å². The maximum atomic E-state index is 13.9. The lowest BCUT2D eigenvalue weighted by atomic mass is 10.1. The number of pyridine rings is 2. The molecule has 0 bridgehead atoms. The Kier molecular flexibility index (Phi) is 10.1. The van der Waals surface area contributed by atoms with E-state index < -0.39 is 10.0 Å². The second-order valence-corrected chi connectivity index (χ2v) is 13.4. The van der Waals surface area contributed by atoms with E-state index in [4.69, 9.17) is 16.3 Å². The Morgan fingerprint density at radius 3 is 2.38 bits per heavy atom. The molecule has 0 fully saturated rings. The minimum Gasteiger partial charge on any atom is -0.497 e. The summed E-state index contributed by atoms with van der Waals surface area (Å²) >= 11 is 6.32. The minimum absolute atomic E-state index is 0.210. The summed E-state index contributed by atoms with van der Waals surface area (Å²) < 4.78 is 50.4.